The van der Waals surface area contributed by atoms with Gasteiger partial charge in [-0.3, -0.25) is 9.69 Å². The van der Waals surface area contributed by atoms with E-state index in [-0.39, 0.29) is 24.3 Å². The Hall–Kier alpha value is -2.52. The number of piperidine rings is 1. The van der Waals surface area contributed by atoms with Crippen LogP contribution in [0.3, 0.4) is 0 Å². The van der Waals surface area contributed by atoms with Gasteiger partial charge in [0.2, 0.25) is 0 Å². The Kier molecular flexibility index (Phi) is 8.50. The molecule has 0 bridgehead atoms. The van der Waals surface area contributed by atoms with E-state index in [9.17, 15) is 14.7 Å². The first-order chi connectivity index (χ1) is 16.5. The first-order valence-corrected chi connectivity index (χ1v) is 12.5. The maximum absolute atomic E-state index is 13.0. The molecule has 3 aliphatic rings. The van der Waals surface area contributed by atoms with Gasteiger partial charge in [0.05, 0.1) is 26.0 Å². The number of carbonyl (C=O) groups excluding carboxylic acids is 1. The van der Waals surface area contributed by atoms with Crippen LogP contribution >= 0.6 is 0 Å². The number of piperazine rings is 1. The van der Waals surface area contributed by atoms with E-state index in [1.165, 1.54) is 0 Å². The Balaban J connectivity index is 1.31. The molecular formula is C25H38N4O5. The van der Waals surface area contributed by atoms with Crippen molar-refractivity contribution in [2.24, 2.45) is 11.8 Å². The molecule has 3 fully saturated rings. The monoisotopic (exact) mass is 474 g/mol. The molecule has 9 heteroatoms. The molecule has 3 aliphatic heterocycles. The fourth-order valence-corrected chi connectivity index (χ4v) is 5.48. The number of morpholine rings is 1. The summed E-state index contributed by atoms with van der Waals surface area (Å²) in [6, 6.07) is 8.21. The Morgan fingerprint density at radius 3 is 2.44 bits per heavy atom. The average Bonchev–Trinajstić information content (AvgIpc) is 2.88. The second-order valence-corrected chi connectivity index (χ2v) is 9.52. The molecule has 188 valence electrons. The Morgan fingerprint density at radius 1 is 1.00 bits per heavy atom. The van der Waals surface area contributed by atoms with Crippen molar-refractivity contribution in [3.63, 3.8) is 0 Å². The highest BCUT2D eigenvalue weighted by atomic mass is 16.5. The lowest BCUT2D eigenvalue weighted by Gasteiger charge is -2.42. The summed E-state index contributed by atoms with van der Waals surface area (Å²) in [6.45, 7) is 8.46. The Morgan fingerprint density at radius 2 is 1.74 bits per heavy atom. The van der Waals surface area contributed by atoms with Crippen molar-refractivity contribution in [3.05, 3.63) is 24.3 Å². The van der Waals surface area contributed by atoms with Crippen LogP contribution in [0.2, 0.25) is 0 Å². The summed E-state index contributed by atoms with van der Waals surface area (Å²) >= 11 is 0. The Bertz CT molecular complexity index is 823. The van der Waals surface area contributed by atoms with Crippen molar-refractivity contribution in [2.45, 2.75) is 19.3 Å². The second-order valence-electron chi connectivity index (χ2n) is 9.52. The average molecular weight is 475 g/mol. The summed E-state index contributed by atoms with van der Waals surface area (Å²) in [5.41, 5.74) is 1.13. The SMILES string of the molecule is COc1ccccc1N1CCN(CC[C@@H]2CN(C(=O)N3CCOCC3)CC[C@H]2CC(=O)O)CC1. The highest BCUT2D eigenvalue weighted by Crippen LogP contribution is 2.31. The number of carbonyl (C=O) groups is 2. The minimum absolute atomic E-state index is 0.0764. The smallest absolute Gasteiger partial charge is 0.320 e. The van der Waals surface area contributed by atoms with Crippen molar-refractivity contribution in [1.82, 2.24) is 14.7 Å². The summed E-state index contributed by atoms with van der Waals surface area (Å²) in [5, 5.41) is 9.43. The van der Waals surface area contributed by atoms with Gasteiger partial charge in [-0.2, -0.15) is 0 Å². The highest BCUT2D eigenvalue weighted by Gasteiger charge is 2.35. The summed E-state index contributed by atoms with van der Waals surface area (Å²) in [5.74, 6) is 0.497. The van der Waals surface area contributed by atoms with Gasteiger partial charge in [0.1, 0.15) is 5.75 Å². The van der Waals surface area contributed by atoms with E-state index < -0.39 is 5.97 Å². The van der Waals surface area contributed by atoms with Gasteiger partial charge in [-0.1, -0.05) is 12.1 Å². The lowest BCUT2D eigenvalue weighted by atomic mass is 9.81. The molecule has 9 nitrogen and oxygen atoms in total. The van der Waals surface area contributed by atoms with Crippen LogP contribution in [-0.4, -0.2) is 111 Å². The van der Waals surface area contributed by atoms with Crippen molar-refractivity contribution in [2.75, 3.05) is 84.1 Å². The number of methoxy groups -OCH3 is 1. The maximum Gasteiger partial charge on any atom is 0.320 e. The maximum atomic E-state index is 13.0. The van der Waals surface area contributed by atoms with Gasteiger partial charge >= 0.3 is 12.0 Å². The van der Waals surface area contributed by atoms with E-state index >= 15 is 0 Å². The first-order valence-electron chi connectivity index (χ1n) is 12.5. The molecule has 0 radical (unpaired) electrons. The fourth-order valence-electron chi connectivity index (χ4n) is 5.48. The zero-order valence-corrected chi connectivity index (χ0v) is 20.2. The minimum Gasteiger partial charge on any atom is -0.495 e. The lowest BCUT2D eigenvalue weighted by Crippen LogP contribution is -2.53. The normalized spacial score (nSPS) is 24.2. The van der Waals surface area contributed by atoms with Gasteiger partial charge in [-0.15, -0.1) is 0 Å². The van der Waals surface area contributed by atoms with Crippen LogP contribution in [-0.2, 0) is 9.53 Å². The molecule has 2 atom stereocenters. The number of ether oxygens (including phenoxy) is 2. The quantitative estimate of drug-likeness (QED) is 0.648. The largest absolute Gasteiger partial charge is 0.495 e. The molecule has 0 spiro atoms. The molecule has 0 aliphatic carbocycles. The molecule has 0 unspecified atom stereocenters. The second kappa shape index (κ2) is 11.8. The number of hydrogen-bond acceptors (Lipinski definition) is 6. The van der Waals surface area contributed by atoms with Gasteiger partial charge < -0.3 is 29.3 Å². The van der Waals surface area contributed by atoms with Crippen LogP contribution < -0.4 is 9.64 Å². The summed E-state index contributed by atoms with van der Waals surface area (Å²) in [4.78, 5) is 33.1. The van der Waals surface area contributed by atoms with Crippen molar-refractivity contribution < 1.29 is 24.2 Å². The number of hydrogen-bond donors (Lipinski definition) is 1. The van der Waals surface area contributed by atoms with Crippen LogP contribution in [0.1, 0.15) is 19.3 Å². The number of carboxylic acid groups (broad SMARTS) is 1. The van der Waals surface area contributed by atoms with Crippen LogP contribution in [0.15, 0.2) is 24.3 Å². The van der Waals surface area contributed by atoms with Crippen LogP contribution in [0.25, 0.3) is 0 Å². The molecule has 1 aromatic carbocycles. The van der Waals surface area contributed by atoms with E-state index in [1.807, 2.05) is 28.0 Å². The number of aliphatic carboxylic acids is 1. The number of urea groups is 1. The topological polar surface area (TPSA) is 85.8 Å². The molecule has 3 heterocycles. The predicted molar refractivity (Wildman–Crippen MR) is 129 cm³/mol. The molecule has 34 heavy (non-hydrogen) atoms. The van der Waals surface area contributed by atoms with Crippen molar-refractivity contribution in [3.8, 4) is 5.75 Å². The number of likely N-dealkylation sites (tertiary alicyclic amines) is 1. The van der Waals surface area contributed by atoms with E-state index in [2.05, 4.69) is 15.9 Å². The number of para-hydroxylation sites is 2. The van der Waals surface area contributed by atoms with Gasteiger partial charge in [0.15, 0.2) is 0 Å². The van der Waals surface area contributed by atoms with Crippen molar-refractivity contribution >= 4 is 17.7 Å². The zero-order valence-electron chi connectivity index (χ0n) is 20.2. The fraction of sp³-hybridized carbons (Fsp3) is 0.680. The molecule has 4 rings (SSSR count). The van der Waals surface area contributed by atoms with E-state index in [0.29, 0.717) is 39.4 Å². The number of nitrogens with zero attached hydrogens (tertiary/aromatic N) is 4. The summed E-state index contributed by atoms with van der Waals surface area (Å²) in [6.07, 6.45) is 1.86. The third-order valence-corrected chi connectivity index (χ3v) is 7.49. The van der Waals surface area contributed by atoms with Crippen LogP contribution in [0.5, 0.6) is 5.75 Å². The standard InChI is InChI=1S/C25H38N4O5/c1-33-23-5-3-2-4-22(23)27-12-10-26(11-13-27)8-6-21-19-29(9-7-20(21)18-24(30)31)25(32)28-14-16-34-17-15-28/h2-5,20-21H,6-19H2,1H3,(H,30,31)/t20-,21+/m0/s1. The van der Waals surface area contributed by atoms with E-state index in [1.54, 1.807) is 7.11 Å². The van der Waals surface area contributed by atoms with Gasteiger partial charge in [-0.25, -0.2) is 4.79 Å². The summed E-state index contributed by atoms with van der Waals surface area (Å²) < 4.78 is 10.9. The first kappa shape index (κ1) is 24.6. The third-order valence-electron chi connectivity index (χ3n) is 7.49. The number of carboxylic acids is 1. The molecule has 3 saturated heterocycles. The van der Waals surface area contributed by atoms with E-state index in [4.69, 9.17) is 9.47 Å². The number of benzene rings is 1. The number of anilines is 1. The van der Waals surface area contributed by atoms with Gasteiger partial charge in [-0.05, 0) is 43.4 Å². The molecule has 2 amide bonds. The zero-order chi connectivity index (χ0) is 23.9. The molecular weight excluding hydrogens is 436 g/mol. The summed E-state index contributed by atoms with van der Waals surface area (Å²) in [7, 11) is 1.71. The number of amides is 2. The van der Waals surface area contributed by atoms with Crippen LogP contribution in [0, 0.1) is 11.8 Å². The Labute approximate surface area is 202 Å². The van der Waals surface area contributed by atoms with Gasteiger partial charge in [0, 0.05) is 58.8 Å². The van der Waals surface area contributed by atoms with Crippen LogP contribution in [0.4, 0.5) is 10.5 Å². The van der Waals surface area contributed by atoms with Gasteiger partial charge in [0.25, 0.3) is 0 Å². The molecule has 0 saturated carbocycles. The van der Waals surface area contributed by atoms with Crippen molar-refractivity contribution in [1.29, 1.82) is 0 Å². The molecule has 1 aromatic rings. The predicted octanol–water partition coefficient (Wildman–Crippen LogP) is 2.07. The third kappa shape index (κ3) is 6.13. The minimum atomic E-state index is -0.742. The van der Waals surface area contributed by atoms with E-state index in [0.717, 1.165) is 57.0 Å². The number of rotatable bonds is 7. The lowest BCUT2D eigenvalue weighted by molar-refractivity contribution is -0.139. The molecule has 1 N–H and O–H groups in total. The molecule has 0 aromatic heterocycles. The highest BCUT2D eigenvalue weighted by molar-refractivity contribution is 5.74.